The average Bonchev–Trinajstić information content (AvgIpc) is 2.93. The molecule has 0 unspecified atom stereocenters. The van der Waals surface area contributed by atoms with Gasteiger partial charge in [-0.05, 0) is 26.0 Å². The van der Waals surface area contributed by atoms with Gasteiger partial charge in [0.15, 0.2) is 0 Å². The van der Waals surface area contributed by atoms with Gasteiger partial charge in [-0.15, -0.1) is 0 Å². The SMILES string of the molecule is CNc1ncc2cc(-c3c(Cl)c(OC)cc(OC)c3Cl)c(=O)n(CCOC3CN(C(=O)C(C#N)=CC(C)(C)N)C3)c2n1. The lowest BCUT2D eigenvalue weighted by Crippen LogP contribution is -2.55. The molecule has 0 bridgehead atoms. The maximum Gasteiger partial charge on any atom is 0.264 e. The van der Waals surface area contributed by atoms with Crippen molar-refractivity contribution in [3.05, 3.63) is 50.4 Å². The molecule has 1 aromatic carbocycles. The minimum Gasteiger partial charge on any atom is -0.495 e. The van der Waals surface area contributed by atoms with Crippen LogP contribution in [-0.2, 0) is 16.1 Å². The Morgan fingerprint density at radius 2 is 1.88 bits per heavy atom. The molecule has 0 saturated carbocycles. The second-order valence-corrected chi connectivity index (χ2v) is 11.0. The molecule has 3 aromatic rings. The van der Waals surface area contributed by atoms with E-state index in [1.807, 2.05) is 6.07 Å². The van der Waals surface area contributed by atoms with E-state index < -0.39 is 17.0 Å². The number of nitrogens with two attached hydrogens (primary N) is 1. The number of rotatable bonds is 10. The van der Waals surface area contributed by atoms with Crippen molar-refractivity contribution in [1.29, 1.82) is 5.26 Å². The first-order valence-electron chi connectivity index (χ1n) is 12.9. The number of benzene rings is 1. The number of nitriles is 1. The van der Waals surface area contributed by atoms with Crippen LogP contribution in [0.15, 0.2) is 34.8 Å². The summed E-state index contributed by atoms with van der Waals surface area (Å²) in [6.45, 7) is 4.30. The van der Waals surface area contributed by atoms with Crippen molar-refractivity contribution >= 4 is 46.1 Å². The van der Waals surface area contributed by atoms with Gasteiger partial charge in [0.1, 0.15) is 28.8 Å². The van der Waals surface area contributed by atoms with Crippen LogP contribution in [0.5, 0.6) is 11.5 Å². The van der Waals surface area contributed by atoms with Crippen LogP contribution in [-0.4, -0.2) is 77.9 Å². The van der Waals surface area contributed by atoms with E-state index >= 15 is 0 Å². The summed E-state index contributed by atoms with van der Waals surface area (Å²) in [6.07, 6.45) is 2.77. The van der Waals surface area contributed by atoms with Crippen molar-refractivity contribution in [2.24, 2.45) is 5.73 Å². The molecule has 1 amide bonds. The monoisotopic (exact) mass is 615 g/mol. The third-order valence-corrected chi connectivity index (χ3v) is 7.31. The number of ether oxygens (including phenoxy) is 3. The van der Waals surface area contributed by atoms with Crippen molar-refractivity contribution < 1.29 is 19.0 Å². The Morgan fingerprint density at radius 3 is 2.43 bits per heavy atom. The van der Waals surface area contributed by atoms with Crippen molar-refractivity contribution in [3.63, 3.8) is 0 Å². The predicted octanol–water partition coefficient (Wildman–Crippen LogP) is 3.24. The van der Waals surface area contributed by atoms with Crippen LogP contribution in [0.1, 0.15) is 13.8 Å². The molecule has 2 aromatic heterocycles. The Hall–Kier alpha value is -3.89. The minimum absolute atomic E-state index is 0.0118. The topological polar surface area (TPSA) is 158 Å². The molecule has 1 aliphatic heterocycles. The van der Waals surface area contributed by atoms with Crippen molar-refractivity contribution in [3.8, 4) is 28.7 Å². The number of methoxy groups -OCH3 is 2. The summed E-state index contributed by atoms with van der Waals surface area (Å²) in [5.74, 6) is 0.512. The molecule has 1 fully saturated rings. The number of hydrogen-bond acceptors (Lipinski definition) is 10. The Labute approximate surface area is 252 Å². The number of hydrogen-bond donors (Lipinski definition) is 2. The molecule has 0 aliphatic carbocycles. The Morgan fingerprint density at radius 1 is 1.24 bits per heavy atom. The van der Waals surface area contributed by atoms with Gasteiger partial charge in [-0.3, -0.25) is 14.2 Å². The number of anilines is 1. The number of nitrogens with zero attached hydrogens (tertiary/aromatic N) is 5. The van der Waals surface area contributed by atoms with E-state index in [2.05, 4.69) is 15.3 Å². The highest BCUT2D eigenvalue weighted by Crippen LogP contribution is 2.45. The molecular formula is C28H31Cl2N7O5. The van der Waals surface area contributed by atoms with Gasteiger partial charge in [-0.25, -0.2) is 4.98 Å². The molecule has 12 nitrogen and oxygen atoms in total. The summed E-state index contributed by atoms with van der Waals surface area (Å²) in [5.41, 5.74) is 5.55. The number of nitrogens with one attached hydrogen (secondary N) is 1. The smallest absolute Gasteiger partial charge is 0.264 e. The second-order valence-electron chi connectivity index (χ2n) is 10.2. The van der Waals surface area contributed by atoms with Gasteiger partial charge < -0.3 is 30.2 Å². The van der Waals surface area contributed by atoms with Crippen molar-refractivity contribution in [2.45, 2.75) is 32.0 Å². The van der Waals surface area contributed by atoms with Gasteiger partial charge in [0.05, 0.1) is 49.1 Å². The van der Waals surface area contributed by atoms with Crippen molar-refractivity contribution in [1.82, 2.24) is 19.4 Å². The average molecular weight is 617 g/mol. The van der Waals surface area contributed by atoms with Crippen LogP contribution >= 0.6 is 23.2 Å². The number of amides is 1. The molecule has 222 valence electrons. The third kappa shape index (κ3) is 6.29. The number of aromatic nitrogens is 3. The Balaban J connectivity index is 1.62. The van der Waals surface area contributed by atoms with Crippen LogP contribution in [0.3, 0.4) is 0 Å². The number of halogens is 2. The van der Waals surface area contributed by atoms with Gasteiger partial charge >= 0.3 is 0 Å². The van der Waals surface area contributed by atoms with E-state index in [9.17, 15) is 14.9 Å². The van der Waals surface area contributed by atoms with E-state index in [4.69, 9.17) is 43.1 Å². The van der Waals surface area contributed by atoms with Gasteiger partial charge in [0, 0.05) is 48.9 Å². The van der Waals surface area contributed by atoms with E-state index in [1.54, 1.807) is 39.2 Å². The highest BCUT2D eigenvalue weighted by molar-refractivity contribution is 6.41. The van der Waals surface area contributed by atoms with Crippen molar-refractivity contribution in [2.75, 3.05) is 46.3 Å². The molecule has 0 radical (unpaired) electrons. The summed E-state index contributed by atoms with van der Waals surface area (Å²) in [7, 11) is 4.58. The fourth-order valence-electron chi connectivity index (χ4n) is 4.49. The minimum atomic E-state index is -0.798. The molecule has 3 N–H and O–H groups in total. The number of pyridine rings is 1. The van der Waals surface area contributed by atoms with Crippen LogP contribution in [0, 0.1) is 11.3 Å². The zero-order valence-corrected chi connectivity index (χ0v) is 25.3. The lowest BCUT2D eigenvalue weighted by atomic mass is 10.0. The lowest BCUT2D eigenvalue weighted by Gasteiger charge is -2.39. The van der Waals surface area contributed by atoms with E-state index in [0.29, 0.717) is 30.1 Å². The van der Waals surface area contributed by atoms with Gasteiger partial charge in [0.2, 0.25) is 5.95 Å². The first kappa shape index (κ1) is 31.1. The molecule has 1 saturated heterocycles. The quantitative estimate of drug-likeness (QED) is 0.256. The predicted molar refractivity (Wildman–Crippen MR) is 160 cm³/mol. The molecule has 0 spiro atoms. The summed E-state index contributed by atoms with van der Waals surface area (Å²) >= 11 is 13.3. The van der Waals surface area contributed by atoms with Crippen LogP contribution in [0.2, 0.25) is 10.0 Å². The largest absolute Gasteiger partial charge is 0.495 e. The van der Waals surface area contributed by atoms with Gasteiger partial charge in [-0.1, -0.05) is 23.2 Å². The molecule has 14 heteroatoms. The maximum absolute atomic E-state index is 13.9. The number of carbonyl (C=O) groups is 1. The van der Waals surface area contributed by atoms with E-state index in [1.165, 1.54) is 29.8 Å². The van der Waals surface area contributed by atoms with Crippen LogP contribution in [0.25, 0.3) is 22.2 Å². The number of fused-ring (bicyclic) bond motifs is 1. The number of likely N-dealkylation sites (tertiary alicyclic amines) is 1. The standard InChI is InChI=1S/C28H31Cl2N7O5/c1-28(2,32)10-16(11-31)25(38)36-13-17(14-36)42-7-6-37-24-15(12-34-27(33-3)35-24)8-18(26(37)39)21-22(29)19(40-4)9-20(41-5)23(21)30/h8-10,12,17H,6-7,13-14,32H2,1-5H3,(H,33,34,35). The molecule has 42 heavy (non-hydrogen) atoms. The van der Waals surface area contributed by atoms with Gasteiger partial charge in [0.25, 0.3) is 11.5 Å². The van der Waals surface area contributed by atoms with Gasteiger partial charge in [-0.2, -0.15) is 10.2 Å². The first-order valence-corrected chi connectivity index (χ1v) is 13.7. The highest BCUT2D eigenvalue weighted by atomic mass is 35.5. The zero-order chi connectivity index (χ0) is 30.8. The van der Waals surface area contributed by atoms with Crippen LogP contribution in [0.4, 0.5) is 5.95 Å². The first-order chi connectivity index (χ1) is 19.9. The zero-order valence-electron chi connectivity index (χ0n) is 23.8. The van der Waals surface area contributed by atoms with E-state index in [-0.39, 0.29) is 57.5 Å². The summed E-state index contributed by atoms with van der Waals surface area (Å²) in [6, 6.07) is 5.09. The Kier molecular flexibility index (Phi) is 9.27. The normalized spacial score (nSPS) is 14.0. The molecule has 3 heterocycles. The number of carbonyl (C=O) groups excluding carboxylic acids is 1. The summed E-state index contributed by atoms with van der Waals surface area (Å²) < 4.78 is 18.2. The highest BCUT2D eigenvalue weighted by Gasteiger charge is 2.33. The fourth-order valence-corrected chi connectivity index (χ4v) is 5.20. The maximum atomic E-state index is 13.9. The molecule has 4 rings (SSSR count). The lowest BCUT2D eigenvalue weighted by molar-refractivity contribution is -0.140. The molecule has 0 atom stereocenters. The van der Waals surface area contributed by atoms with Crippen LogP contribution < -0.4 is 26.1 Å². The summed E-state index contributed by atoms with van der Waals surface area (Å²) in [5, 5.41) is 13.1. The Bertz CT molecular complexity index is 1630. The summed E-state index contributed by atoms with van der Waals surface area (Å²) in [4.78, 5) is 36.9. The van der Waals surface area contributed by atoms with E-state index in [0.717, 1.165) is 0 Å². The third-order valence-electron chi connectivity index (χ3n) is 6.56. The second kappa shape index (κ2) is 12.5. The molecule has 1 aliphatic rings. The fraction of sp³-hybridized carbons (Fsp3) is 0.393. The molecular weight excluding hydrogens is 585 g/mol.